The first kappa shape index (κ1) is 13.1. The molecule has 1 aromatic heterocycles. The fourth-order valence-electron chi connectivity index (χ4n) is 1.97. The molecule has 0 aliphatic heterocycles. The number of aliphatic carboxylic acids is 1. The summed E-state index contributed by atoms with van der Waals surface area (Å²) in [6, 6.07) is 7.43. The highest BCUT2D eigenvalue weighted by molar-refractivity contribution is 5.97. The van der Waals surface area contributed by atoms with Crippen LogP contribution >= 0.6 is 0 Å². The first-order valence-corrected chi connectivity index (χ1v) is 6.12. The van der Waals surface area contributed by atoms with Gasteiger partial charge < -0.3 is 15.0 Å². The van der Waals surface area contributed by atoms with Crippen LogP contribution in [0.3, 0.4) is 0 Å². The van der Waals surface area contributed by atoms with E-state index in [1.165, 1.54) is 0 Å². The molecular weight excluding hydrogens is 244 g/mol. The van der Waals surface area contributed by atoms with Gasteiger partial charge in [0.2, 0.25) is 0 Å². The van der Waals surface area contributed by atoms with Crippen molar-refractivity contribution in [3.8, 4) is 0 Å². The highest BCUT2D eigenvalue weighted by Gasteiger charge is 2.12. The van der Waals surface area contributed by atoms with Gasteiger partial charge in [0, 0.05) is 37.3 Å². The van der Waals surface area contributed by atoms with Crippen LogP contribution in [-0.4, -0.2) is 40.5 Å². The molecule has 2 rings (SSSR count). The number of carboxylic acid groups (broad SMARTS) is 1. The number of H-pyrrole nitrogens is 1. The zero-order chi connectivity index (χ0) is 13.8. The first-order valence-electron chi connectivity index (χ1n) is 6.12. The van der Waals surface area contributed by atoms with Gasteiger partial charge in [-0.15, -0.1) is 0 Å². The van der Waals surface area contributed by atoms with E-state index in [1.54, 1.807) is 18.0 Å². The number of carbonyl (C=O) groups is 2. The lowest BCUT2D eigenvalue weighted by molar-refractivity contribution is -0.137. The van der Waals surface area contributed by atoms with Gasteiger partial charge in [0.05, 0.1) is 0 Å². The lowest BCUT2D eigenvalue weighted by atomic mass is 10.1. The summed E-state index contributed by atoms with van der Waals surface area (Å²) in [5.41, 5.74) is 1.53. The van der Waals surface area contributed by atoms with Crippen molar-refractivity contribution in [2.75, 3.05) is 13.6 Å². The molecule has 0 unspecified atom stereocenters. The van der Waals surface area contributed by atoms with Crippen LogP contribution in [0.2, 0.25) is 0 Å². The van der Waals surface area contributed by atoms with E-state index >= 15 is 0 Å². The minimum absolute atomic E-state index is 0.0767. The number of rotatable bonds is 5. The molecule has 0 radical (unpaired) electrons. The van der Waals surface area contributed by atoms with Crippen LogP contribution in [0.5, 0.6) is 0 Å². The van der Waals surface area contributed by atoms with Gasteiger partial charge in [0.1, 0.15) is 0 Å². The van der Waals surface area contributed by atoms with Gasteiger partial charge in [-0.3, -0.25) is 9.59 Å². The summed E-state index contributed by atoms with van der Waals surface area (Å²) in [5, 5.41) is 9.63. The molecule has 0 aliphatic carbocycles. The monoisotopic (exact) mass is 260 g/mol. The van der Waals surface area contributed by atoms with E-state index in [4.69, 9.17) is 5.11 Å². The van der Waals surface area contributed by atoms with Crippen molar-refractivity contribution in [1.29, 1.82) is 0 Å². The largest absolute Gasteiger partial charge is 0.481 e. The van der Waals surface area contributed by atoms with E-state index < -0.39 is 5.97 Å². The Hall–Kier alpha value is -2.30. The molecule has 1 heterocycles. The van der Waals surface area contributed by atoms with Crippen LogP contribution in [0.1, 0.15) is 23.2 Å². The maximum atomic E-state index is 12.2. The lowest BCUT2D eigenvalue weighted by Gasteiger charge is -2.16. The number of aromatic nitrogens is 1. The molecule has 0 aliphatic rings. The van der Waals surface area contributed by atoms with Crippen molar-refractivity contribution in [2.45, 2.75) is 12.8 Å². The molecule has 100 valence electrons. The Labute approximate surface area is 110 Å². The maximum Gasteiger partial charge on any atom is 0.303 e. The van der Waals surface area contributed by atoms with E-state index in [0.717, 1.165) is 10.9 Å². The van der Waals surface area contributed by atoms with Gasteiger partial charge in [0.15, 0.2) is 0 Å². The van der Waals surface area contributed by atoms with Gasteiger partial charge in [-0.2, -0.15) is 0 Å². The summed E-state index contributed by atoms with van der Waals surface area (Å²) >= 11 is 0. The molecule has 2 aromatic rings. The topological polar surface area (TPSA) is 73.4 Å². The summed E-state index contributed by atoms with van der Waals surface area (Å²) in [5.74, 6) is -0.935. The van der Waals surface area contributed by atoms with Crippen molar-refractivity contribution in [1.82, 2.24) is 9.88 Å². The lowest BCUT2D eigenvalue weighted by Crippen LogP contribution is -2.28. The summed E-state index contributed by atoms with van der Waals surface area (Å²) < 4.78 is 0. The zero-order valence-electron chi connectivity index (χ0n) is 10.7. The molecule has 2 N–H and O–H groups in total. The number of nitrogens with one attached hydrogen (secondary N) is 1. The fourth-order valence-corrected chi connectivity index (χ4v) is 1.97. The van der Waals surface area contributed by atoms with Crippen molar-refractivity contribution in [3.63, 3.8) is 0 Å². The van der Waals surface area contributed by atoms with E-state index in [0.29, 0.717) is 18.5 Å². The number of hydrogen-bond donors (Lipinski definition) is 2. The molecule has 5 heteroatoms. The minimum Gasteiger partial charge on any atom is -0.481 e. The second-order valence-corrected chi connectivity index (χ2v) is 4.50. The number of carboxylic acids is 1. The molecule has 0 fully saturated rings. The summed E-state index contributed by atoms with van der Waals surface area (Å²) in [7, 11) is 1.68. The number of benzene rings is 1. The van der Waals surface area contributed by atoms with Crippen LogP contribution in [0.25, 0.3) is 10.9 Å². The molecule has 1 amide bonds. The molecule has 19 heavy (non-hydrogen) atoms. The van der Waals surface area contributed by atoms with Crippen LogP contribution in [0.4, 0.5) is 0 Å². The molecule has 0 atom stereocenters. The van der Waals surface area contributed by atoms with Crippen LogP contribution in [0, 0.1) is 0 Å². The predicted molar refractivity (Wildman–Crippen MR) is 72.1 cm³/mol. The predicted octanol–water partition coefficient (Wildman–Crippen LogP) is 2.10. The summed E-state index contributed by atoms with van der Waals surface area (Å²) in [6.45, 7) is 0.438. The highest BCUT2D eigenvalue weighted by atomic mass is 16.4. The normalized spacial score (nSPS) is 10.6. The third-order valence-corrected chi connectivity index (χ3v) is 3.03. The van der Waals surface area contributed by atoms with Crippen LogP contribution in [-0.2, 0) is 4.79 Å². The molecule has 0 bridgehead atoms. The van der Waals surface area contributed by atoms with E-state index in [-0.39, 0.29) is 12.3 Å². The Kier molecular flexibility index (Phi) is 3.85. The average Bonchev–Trinajstić information content (AvgIpc) is 2.84. The zero-order valence-corrected chi connectivity index (χ0v) is 10.7. The Balaban J connectivity index is 2.03. The van der Waals surface area contributed by atoms with Crippen molar-refractivity contribution >= 4 is 22.8 Å². The number of amides is 1. The Bertz CT molecular complexity index is 604. The van der Waals surface area contributed by atoms with Gasteiger partial charge in [-0.1, -0.05) is 6.07 Å². The fraction of sp³-hybridized carbons (Fsp3) is 0.286. The maximum absolute atomic E-state index is 12.2. The minimum atomic E-state index is -0.839. The quantitative estimate of drug-likeness (QED) is 0.864. The number of hydrogen-bond acceptors (Lipinski definition) is 2. The second-order valence-electron chi connectivity index (χ2n) is 4.50. The summed E-state index contributed by atoms with van der Waals surface area (Å²) in [6.07, 6.45) is 2.37. The number of fused-ring (bicyclic) bond motifs is 1. The van der Waals surface area contributed by atoms with E-state index in [1.807, 2.05) is 24.4 Å². The Morgan fingerprint density at radius 3 is 2.84 bits per heavy atom. The van der Waals surface area contributed by atoms with Crippen molar-refractivity contribution < 1.29 is 14.7 Å². The van der Waals surface area contributed by atoms with Crippen molar-refractivity contribution in [3.05, 3.63) is 36.0 Å². The molecule has 1 aromatic carbocycles. The van der Waals surface area contributed by atoms with Crippen LogP contribution in [0.15, 0.2) is 30.5 Å². The molecule has 5 nitrogen and oxygen atoms in total. The Morgan fingerprint density at radius 1 is 1.32 bits per heavy atom. The van der Waals surface area contributed by atoms with Gasteiger partial charge in [0.25, 0.3) is 5.91 Å². The molecular formula is C14H16N2O3. The molecule has 0 saturated carbocycles. The van der Waals surface area contributed by atoms with E-state index in [2.05, 4.69) is 4.98 Å². The number of nitrogens with zero attached hydrogens (tertiary/aromatic N) is 1. The van der Waals surface area contributed by atoms with E-state index in [9.17, 15) is 9.59 Å². The molecule has 0 saturated heterocycles. The standard InChI is InChI=1S/C14H16N2O3/c1-16(8-2-3-13(17)18)14(19)11-5-4-10-6-7-15-12(10)9-11/h4-7,9,15H,2-3,8H2,1H3,(H,17,18). The first-order chi connectivity index (χ1) is 9.08. The van der Waals surface area contributed by atoms with Crippen LogP contribution < -0.4 is 0 Å². The highest BCUT2D eigenvalue weighted by Crippen LogP contribution is 2.15. The third-order valence-electron chi connectivity index (χ3n) is 3.03. The molecule has 0 spiro atoms. The van der Waals surface area contributed by atoms with Crippen molar-refractivity contribution in [2.24, 2.45) is 0 Å². The van der Waals surface area contributed by atoms with Gasteiger partial charge in [-0.25, -0.2) is 0 Å². The summed E-state index contributed by atoms with van der Waals surface area (Å²) in [4.78, 5) is 27.2. The smallest absolute Gasteiger partial charge is 0.303 e. The number of aromatic amines is 1. The Morgan fingerprint density at radius 2 is 2.11 bits per heavy atom. The average molecular weight is 260 g/mol. The SMILES string of the molecule is CN(CCCC(=O)O)C(=O)c1ccc2cc[nH]c2c1. The second kappa shape index (κ2) is 5.56. The van der Waals surface area contributed by atoms with Gasteiger partial charge in [-0.05, 0) is 30.0 Å². The third kappa shape index (κ3) is 3.13. The number of carbonyl (C=O) groups excluding carboxylic acids is 1. The van der Waals surface area contributed by atoms with Gasteiger partial charge >= 0.3 is 5.97 Å².